The van der Waals surface area contributed by atoms with Crippen LogP contribution in [-0.2, 0) is 9.53 Å². The highest BCUT2D eigenvalue weighted by atomic mass is 19.1. The van der Waals surface area contributed by atoms with Gasteiger partial charge in [0.15, 0.2) is 0 Å². The van der Waals surface area contributed by atoms with Gasteiger partial charge < -0.3 is 10.1 Å². The van der Waals surface area contributed by atoms with Crippen molar-refractivity contribution in [3.8, 4) is 0 Å². The van der Waals surface area contributed by atoms with Crippen LogP contribution in [0.25, 0.3) is 0 Å². The van der Waals surface area contributed by atoms with Crippen LogP contribution in [0.4, 0.5) is 9.18 Å². The fourth-order valence-electron chi connectivity index (χ4n) is 0.541. The van der Waals surface area contributed by atoms with Crippen LogP contribution in [0.15, 0.2) is 0 Å². The van der Waals surface area contributed by atoms with E-state index in [0.29, 0.717) is 0 Å². The number of hydrogen-bond acceptors (Lipinski definition) is 3. The summed E-state index contributed by atoms with van der Waals surface area (Å²) in [6, 6.07) is -2.75. The van der Waals surface area contributed by atoms with Gasteiger partial charge in [-0.25, -0.2) is 4.79 Å². The molecule has 0 spiro atoms. The molecular formula is C8H14FNO3. The average Bonchev–Trinajstić information content (AvgIpc) is 1.81. The highest BCUT2D eigenvalue weighted by Crippen LogP contribution is 2.06. The molecule has 0 radical (unpaired) electrons. The topological polar surface area (TPSA) is 55.4 Å². The number of amides is 1. The van der Waals surface area contributed by atoms with Crippen molar-refractivity contribution in [1.82, 2.24) is 5.32 Å². The van der Waals surface area contributed by atoms with Crippen molar-refractivity contribution in [2.45, 2.75) is 39.3 Å². The van der Waals surface area contributed by atoms with Crippen LogP contribution in [0.1, 0.15) is 27.7 Å². The van der Waals surface area contributed by atoms with E-state index in [1.54, 1.807) is 20.8 Å². The number of ether oxygens (including phenoxy) is 1. The maximum Gasteiger partial charge on any atom is 0.408 e. The van der Waals surface area contributed by atoms with Gasteiger partial charge in [0, 0.05) is 0 Å². The molecule has 1 atom stereocenters. The normalized spacial score (nSPS) is 13.3. The van der Waals surface area contributed by atoms with Gasteiger partial charge in [-0.2, -0.15) is 4.39 Å². The molecule has 0 fully saturated rings. The van der Waals surface area contributed by atoms with Crippen LogP contribution in [0, 0.1) is 0 Å². The number of hydrogen-bond donors (Lipinski definition) is 1. The summed E-state index contributed by atoms with van der Waals surface area (Å²) in [7, 11) is 0. The Kier molecular flexibility index (Phi) is 3.84. The molecule has 76 valence electrons. The number of alkyl carbamates (subject to hydrolysis) is 1. The Bertz CT molecular complexity index is 210. The molecule has 13 heavy (non-hydrogen) atoms. The fourth-order valence-corrected chi connectivity index (χ4v) is 0.541. The van der Waals surface area contributed by atoms with Crippen LogP contribution in [-0.4, -0.2) is 23.8 Å². The average molecular weight is 191 g/mol. The van der Waals surface area contributed by atoms with Crippen LogP contribution in [0.2, 0.25) is 0 Å². The lowest BCUT2D eigenvalue weighted by molar-refractivity contribution is -0.131. The van der Waals surface area contributed by atoms with Gasteiger partial charge >= 0.3 is 12.1 Å². The van der Waals surface area contributed by atoms with E-state index in [1.165, 1.54) is 6.92 Å². The van der Waals surface area contributed by atoms with Crippen molar-refractivity contribution >= 4 is 12.1 Å². The smallest absolute Gasteiger partial charge is 0.408 e. The van der Waals surface area contributed by atoms with E-state index in [-0.39, 0.29) is 0 Å². The lowest BCUT2D eigenvalue weighted by Gasteiger charge is -2.20. The largest absolute Gasteiger partial charge is 0.444 e. The zero-order valence-electron chi connectivity index (χ0n) is 8.18. The summed E-state index contributed by atoms with van der Waals surface area (Å²) in [5.74, 6) is 0. The fraction of sp³-hybridized carbons (Fsp3) is 0.750. The minimum absolute atomic E-state index is 0.650. The molecule has 4 nitrogen and oxygen atoms in total. The van der Waals surface area contributed by atoms with E-state index in [1.807, 2.05) is 0 Å². The molecule has 0 aliphatic rings. The molecular weight excluding hydrogens is 177 g/mol. The first-order valence-electron chi connectivity index (χ1n) is 3.91. The summed E-state index contributed by atoms with van der Waals surface area (Å²) < 4.78 is 16.8. The first-order valence-corrected chi connectivity index (χ1v) is 3.91. The van der Waals surface area contributed by atoms with Crippen LogP contribution in [0.3, 0.4) is 0 Å². The summed E-state index contributed by atoms with van der Waals surface area (Å²) in [5.41, 5.74) is -0.650. The van der Waals surface area contributed by atoms with Crippen molar-refractivity contribution in [3.05, 3.63) is 0 Å². The Morgan fingerprint density at radius 2 is 1.85 bits per heavy atom. The van der Waals surface area contributed by atoms with E-state index < -0.39 is 23.8 Å². The van der Waals surface area contributed by atoms with Crippen molar-refractivity contribution < 1.29 is 18.7 Å². The Morgan fingerprint density at radius 1 is 1.38 bits per heavy atom. The Labute approximate surface area is 76.4 Å². The molecule has 0 unspecified atom stereocenters. The summed E-state index contributed by atoms with van der Waals surface area (Å²) in [5, 5.41) is 2.05. The van der Waals surface area contributed by atoms with Crippen molar-refractivity contribution in [2.24, 2.45) is 0 Å². The van der Waals surface area contributed by atoms with E-state index >= 15 is 0 Å². The van der Waals surface area contributed by atoms with Crippen molar-refractivity contribution in [3.63, 3.8) is 0 Å². The van der Waals surface area contributed by atoms with Gasteiger partial charge in [-0.15, -0.1) is 0 Å². The zero-order valence-corrected chi connectivity index (χ0v) is 8.18. The molecule has 0 bridgehead atoms. The first kappa shape index (κ1) is 11.9. The third kappa shape index (κ3) is 6.07. The standard InChI is InChI=1S/C8H14FNO3/c1-5(6(9)11)10-7(12)13-8(2,3)4/h5H,1-4H3,(H,10,12)/t5-/m1/s1. The maximum absolute atomic E-state index is 12.0. The quantitative estimate of drug-likeness (QED) is 0.671. The Morgan fingerprint density at radius 3 is 2.15 bits per heavy atom. The van der Waals surface area contributed by atoms with E-state index in [9.17, 15) is 14.0 Å². The Hall–Kier alpha value is -1.13. The van der Waals surface area contributed by atoms with Crippen LogP contribution < -0.4 is 5.32 Å². The summed E-state index contributed by atoms with van der Waals surface area (Å²) in [6.45, 7) is 6.27. The van der Waals surface area contributed by atoms with E-state index in [0.717, 1.165) is 0 Å². The van der Waals surface area contributed by atoms with Crippen molar-refractivity contribution in [1.29, 1.82) is 0 Å². The zero-order chi connectivity index (χ0) is 10.6. The molecule has 0 aliphatic heterocycles. The molecule has 5 heteroatoms. The van der Waals surface area contributed by atoms with Gasteiger partial charge in [0.05, 0.1) is 0 Å². The number of halogens is 1. The van der Waals surface area contributed by atoms with Crippen LogP contribution >= 0.6 is 0 Å². The number of carbonyl (C=O) groups excluding carboxylic acids is 2. The van der Waals surface area contributed by atoms with Crippen LogP contribution in [0.5, 0.6) is 0 Å². The molecule has 0 aromatic carbocycles. The van der Waals surface area contributed by atoms with Crippen molar-refractivity contribution in [2.75, 3.05) is 0 Å². The van der Waals surface area contributed by atoms with E-state index in [2.05, 4.69) is 5.32 Å². The molecule has 0 heterocycles. The second-order valence-electron chi connectivity index (χ2n) is 3.67. The third-order valence-corrected chi connectivity index (χ3v) is 1.07. The summed E-state index contributed by atoms with van der Waals surface area (Å²) in [4.78, 5) is 21.0. The third-order valence-electron chi connectivity index (χ3n) is 1.07. The van der Waals surface area contributed by atoms with Gasteiger partial charge in [-0.3, -0.25) is 4.79 Å². The molecule has 0 aromatic rings. The predicted molar refractivity (Wildman–Crippen MR) is 44.9 cm³/mol. The summed E-state index contributed by atoms with van der Waals surface area (Å²) in [6.07, 6.45) is -0.800. The van der Waals surface area contributed by atoms with Gasteiger partial charge in [-0.1, -0.05) is 0 Å². The lowest BCUT2D eigenvalue weighted by atomic mass is 10.2. The highest BCUT2D eigenvalue weighted by Gasteiger charge is 2.20. The SMILES string of the molecule is C[C@@H](NC(=O)OC(C)(C)C)C(=O)F. The van der Waals surface area contributed by atoms with E-state index in [4.69, 9.17) is 4.74 Å². The molecule has 1 N–H and O–H groups in total. The molecule has 0 rings (SSSR count). The second-order valence-corrected chi connectivity index (χ2v) is 3.67. The minimum Gasteiger partial charge on any atom is -0.444 e. The molecule has 1 amide bonds. The number of carbonyl (C=O) groups is 2. The summed E-state index contributed by atoms with van der Waals surface area (Å²) >= 11 is 0. The van der Waals surface area contributed by atoms with Gasteiger partial charge in [0.1, 0.15) is 11.6 Å². The van der Waals surface area contributed by atoms with Gasteiger partial charge in [-0.05, 0) is 27.7 Å². The first-order chi connectivity index (χ1) is 5.72. The highest BCUT2D eigenvalue weighted by molar-refractivity contribution is 5.80. The van der Waals surface area contributed by atoms with Gasteiger partial charge in [0.25, 0.3) is 0 Å². The minimum atomic E-state index is -1.59. The Balaban J connectivity index is 3.96. The molecule has 0 aromatic heterocycles. The molecule has 0 saturated heterocycles. The van der Waals surface area contributed by atoms with Gasteiger partial charge in [0.2, 0.25) is 0 Å². The predicted octanol–water partition coefficient (Wildman–Crippen LogP) is 1.40. The molecule has 0 saturated carbocycles. The monoisotopic (exact) mass is 191 g/mol. The number of rotatable bonds is 2. The second kappa shape index (κ2) is 4.20. The lowest BCUT2D eigenvalue weighted by Crippen LogP contribution is -2.40. The maximum atomic E-state index is 12.0. The number of nitrogens with one attached hydrogen (secondary N) is 1. The molecule has 0 aliphatic carbocycles.